The highest BCUT2D eigenvalue weighted by atomic mass is 19.1. The summed E-state index contributed by atoms with van der Waals surface area (Å²) in [6, 6.07) is 13.5. The number of hydrogen-bond donors (Lipinski definition) is 1. The normalized spacial score (nSPS) is 16.6. The first-order valence-corrected chi connectivity index (χ1v) is 8.48. The minimum Gasteiger partial charge on any atom is -0.496 e. The molecule has 0 aliphatic carbocycles. The highest BCUT2D eigenvalue weighted by molar-refractivity contribution is 5.89. The van der Waals surface area contributed by atoms with Gasteiger partial charge in [-0.2, -0.15) is 0 Å². The largest absolute Gasteiger partial charge is 0.496 e. The van der Waals surface area contributed by atoms with Crippen molar-refractivity contribution in [3.8, 4) is 5.75 Å². The van der Waals surface area contributed by atoms with Gasteiger partial charge in [0.25, 0.3) is 0 Å². The van der Waals surface area contributed by atoms with Gasteiger partial charge in [0.2, 0.25) is 11.8 Å². The van der Waals surface area contributed by atoms with Crippen molar-refractivity contribution in [2.24, 2.45) is 5.92 Å². The second-order valence-electron chi connectivity index (χ2n) is 6.33. The summed E-state index contributed by atoms with van der Waals surface area (Å²) in [7, 11) is 1.59. The third-order valence-electron chi connectivity index (χ3n) is 4.52. The summed E-state index contributed by atoms with van der Waals surface area (Å²) in [5, 5.41) is 2.82. The number of nitrogens with zero attached hydrogens (tertiary/aromatic N) is 1. The van der Waals surface area contributed by atoms with Crippen LogP contribution < -0.4 is 10.1 Å². The van der Waals surface area contributed by atoms with Gasteiger partial charge in [-0.05, 0) is 23.8 Å². The van der Waals surface area contributed by atoms with Gasteiger partial charge in [0, 0.05) is 31.6 Å². The Morgan fingerprint density at radius 2 is 1.96 bits per heavy atom. The number of carbonyl (C=O) groups is 2. The zero-order valence-electron chi connectivity index (χ0n) is 14.6. The molecule has 0 aromatic heterocycles. The Morgan fingerprint density at radius 1 is 1.23 bits per heavy atom. The third-order valence-corrected chi connectivity index (χ3v) is 4.52. The average Bonchev–Trinajstić information content (AvgIpc) is 3.02. The number of nitrogens with one attached hydrogen (secondary N) is 1. The maximum Gasteiger partial charge on any atom is 0.225 e. The van der Waals surface area contributed by atoms with E-state index in [1.54, 1.807) is 24.1 Å². The summed E-state index contributed by atoms with van der Waals surface area (Å²) in [5.41, 5.74) is 1.73. The third kappa shape index (κ3) is 4.20. The van der Waals surface area contributed by atoms with E-state index in [-0.39, 0.29) is 30.0 Å². The second-order valence-corrected chi connectivity index (χ2v) is 6.33. The van der Waals surface area contributed by atoms with Crippen LogP contribution in [0.3, 0.4) is 0 Å². The van der Waals surface area contributed by atoms with Crippen molar-refractivity contribution in [3.63, 3.8) is 0 Å². The van der Waals surface area contributed by atoms with E-state index >= 15 is 0 Å². The van der Waals surface area contributed by atoms with E-state index in [4.69, 9.17) is 4.74 Å². The van der Waals surface area contributed by atoms with Gasteiger partial charge < -0.3 is 15.0 Å². The Balaban J connectivity index is 1.56. The summed E-state index contributed by atoms with van der Waals surface area (Å²) < 4.78 is 18.2. The van der Waals surface area contributed by atoms with Gasteiger partial charge in [0.05, 0.1) is 13.0 Å². The molecule has 0 radical (unpaired) electrons. The van der Waals surface area contributed by atoms with Gasteiger partial charge in [-0.15, -0.1) is 0 Å². The van der Waals surface area contributed by atoms with Gasteiger partial charge in [-0.25, -0.2) is 4.39 Å². The molecular formula is C20H21FN2O3. The van der Waals surface area contributed by atoms with Gasteiger partial charge in [-0.3, -0.25) is 9.59 Å². The Morgan fingerprint density at radius 3 is 2.69 bits per heavy atom. The highest BCUT2D eigenvalue weighted by Crippen LogP contribution is 2.24. The molecule has 26 heavy (non-hydrogen) atoms. The monoisotopic (exact) mass is 356 g/mol. The van der Waals surface area contributed by atoms with Gasteiger partial charge in [0.1, 0.15) is 11.6 Å². The van der Waals surface area contributed by atoms with Crippen molar-refractivity contribution in [1.29, 1.82) is 0 Å². The molecule has 0 saturated carbocycles. The Kier molecular flexibility index (Phi) is 5.51. The van der Waals surface area contributed by atoms with Crippen molar-refractivity contribution in [1.82, 2.24) is 10.2 Å². The molecule has 1 unspecified atom stereocenters. The molecule has 1 heterocycles. The van der Waals surface area contributed by atoms with Crippen LogP contribution in [0.15, 0.2) is 48.5 Å². The van der Waals surface area contributed by atoms with E-state index in [0.29, 0.717) is 19.6 Å². The number of hydrogen-bond acceptors (Lipinski definition) is 3. The zero-order valence-corrected chi connectivity index (χ0v) is 14.6. The van der Waals surface area contributed by atoms with Gasteiger partial charge in [-0.1, -0.05) is 30.3 Å². The van der Waals surface area contributed by atoms with E-state index in [1.807, 2.05) is 24.3 Å². The zero-order chi connectivity index (χ0) is 18.5. The van der Waals surface area contributed by atoms with Gasteiger partial charge >= 0.3 is 0 Å². The Hall–Kier alpha value is -2.89. The van der Waals surface area contributed by atoms with Crippen molar-refractivity contribution in [2.45, 2.75) is 19.5 Å². The van der Waals surface area contributed by atoms with Crippen LogP contribution in [0, 0.1) is 11.7 Å². The van der Waals surface area contributed by atoms with E-state index in [0.717, 1.165) is 16.9 Å². The first kappa shape index (κ1) is 17.9. The number of rotatable bonds is 6. The van der Waals surface area contributed by atoms with Crippen LogP contribution in [0.2, 0.25) is 0 Å². The molecule has 2 aromatic carbocycles. The molecule has 1 aliphatic heterocycles. The first-order chi connectivity index (χ1) is 12.6. The van der Waals surface area contributed by atoms with Crippen LogP contribution in [0.5, 0.6) is 5.75 Å². The molecular weight excluding hydrogens is 335 g/mol. The van der Waals surface area contributed by atoms with Crippen LogP contribution in [0.1, 0.15) is 17.5 Å². The molecule has 1 aliphatic rings. The predicted octanol–water partition coefficient (Wildman–Crippen LogP) is 2.50. The number of halogens is 1. The standard InChI is InChI=1S/C20H21FN2O3/c1-26-18-5-3-2-4-15(18)12-23-13-16(10-19(23)24)20(25)22-11-14-6-8-17(21)9-7-14/h2-9,16H,10-13H2,1H3,(H,22,25). The lowest BCUT2D eigenvalue weighted by Crippen LogP contribution is -2.32. The minimum atomic E-state index is -0.377. The number of methoxy groups -OCH3 is 1. The maximum atomic E-state index is 12.9. The second kappa shape index (κ2) is 7.99. The number of para-hydroxylation sites is 1. The lowest BCUT2D eigenvalue weighted by molar-refractivity contribution is -0.129. The first-order valence-electron chi connectivity index (χ1n) is 8.48. The summed E-state index contributed by atoms with van der Waals surface area (Å²) >= 11 is 0. The van der Waals surface area contributed by atoms with E-state index in [2.05, 4.69) is 5.32 Å². The number of ether oxygens (including phenoxy) is 1. The molecule has 2 aromatic rings. The molecule has 1 N–H and O–H groups in total. The fourth-order valence-electron chi connectivity index (χ4n) is 3.08. The number of amides is 2. The van der Waals surface area contributed by atoms with Gasteiger partial charge in [0.15, 0.2) is 0 Å². The quantitative estimate of drug-likeness (QED) is 0.865. The smallest absolute Gasteiger partial charge is 0.225 e. The van der Waals surface area contributed by atoms with Crippen molar-refractivity contribution in [3.05, 3.63) is 65.5 Å². The van der Waals surface area contributed by atoms with Crippen LogP contribution in [-0.2, 0) is 22.7 Å². The molecule has 0 spiro atoms. The van der Waals surface area contributed by atoms with E-state index in [9.17, 15) is 14.0 Å². The van der Waals surface area contributed by atoms with Crippen LogP contribution in [-0.4, -0.2) is 30.4 Å². The molecule has 1 atom stereocenters. The average molecular weight is 356 g/mol. The van der Waals surface area contributed by atoms with Crippen molar-refractivity contribution >= 4 is 11.8 Å². The summed E-state index contributed by atoms with van der Waals surface area (Å²) in [5.74, 6) is -0.168. The Labute approximate surface area is 151 Å². The lowest BCUT2D eigenvalue weighted by atomic mass is 10.1. The molecule has 3 rings (SSSR count). The molecule has 6 heteroatoms. The summed E-state index contributed by atoms with van der Waals surface area (Å²) in [6.07, 6.45) is 0.199. The van der Waals surface area contributed by atoms with Crippen molar-refractivity contribution < 1.29 is 18.7 Å². The fraction of sp³-hybridized carbons (Fsp3) is 0.300. The molecule has 1 saturated heterocycles. The summed E-state index contributed by atoms with van der Waals surface area (Å²) in [6.45, 7) is 1.12. The lowest BCUT2D eigenvalue weighted by Gasteiger charge is -2.18. The van der Waals surface area contributed by atoms with Crippen molar-refractivity contribution in [2.75, 3.05) is 13.7 Å². The molecule has 0 bridgehead atoms. The number of benzene rings is 2. The molecule has 1 fully saturated rings. The highest BCUT2D eigenvalue weighted by Gasteiger charge is 2.34. The van der Waals surface area contributed by atoms with E-state index < -0.39 is 0 Å². The maximum absolute atomic E-state index is 12.9. The topological polar surface area (TPSA) is 58.6 Å². The SMILES string of the molecule is COc1ccccc1CN1CC(C(=O)NCc2ccc(F)cc2)CC1=O. The number of likely N-dealkylation sites (tertiary alicyclic amines) is 1. The van der Waals surface area contributed by atoms with E-state index in [1.165, 1.54) is 12.1 Å². The van der Waals surface area contributed by atoms with Crippen LogP contribution in [0.4, 0.5) is 4.39 Å². The minimum absolute atomic E-state index is 0.0437. The molecule has 2 amide bonds. The summed E-state index contributed by atoms with van der Waals surface area (Å²) in [4.78, 5) is 26.3. The number of carbonyl (C=O) groups excluding carboxylic acids is 2. The predicted molar refractivity (Wildman–Crippen MR) is 94.8 cm³/mol. The Bertz CT molecular complexity index is 792. The fourth-order valence-corrected chi connectivity index (χ4v) is 3.08. The van der Waals surface area contributed by atoms with Crippen LogP contribution in [0.25, 0.3) is 0 Å². The molecule has 5 nitrogen and oxygen atoms in total. The van der Waals surface area contributed by atoms with Crippen LogP contribution >= 0.6 is 0 Å². The molecule has 136 valence electrons.